The summed E-state index contributed by atoms with van der Waals surface area (Å²) < 4.78 is 11.0. The maximum Gasteiger partial charge on any atom is 0.366 e. The van der Waals surface area contributed by atoms with Gasteiger partial charge in [-0.1, -0.05) is 60.7 Å². The van der Waals surface area contributed by atoms with Crippen molar-refractivity contribution in [2.45, 2.75) is 19.1 Å². The van der Waals surface area contributed by atoms with Crippen LogP contribution in [0.5, 0.6) is 5.88 Å². The number of nitrogen functional groups attached to an aromatic ring is 1. The third-order valence-electron chi connectivity index (χ3n) is 4.69. The normalized spacial score (nSPS) is 12.1. The van der Waals surface area contributed by atoms with Gasteiger partial charge in [-0.3, -0.25) is 5.73 Å². The summed E-state index contributed by atoms with van der Waals surface area (Å²) in [4.78, 5) is 16.9. The van der Waals surface area contributed by atoms with Crippen LogP contribution in [-0.2, 0) is 16.0 Å². The molecule has 1 heterocycles. The molecule has 0 unspecified atom stereocenters. The molecular formula is C24H21N5O3. The second-order valence-electron chi connectivity index (χ2n) is 6.89. The van der Waals surface area contributed by atoms with Gasteiger partial charge < -0.3 is 15.2 Å². The molecule has 0 aliphatic rings. The first-order valence-electron chi connectivity index (χ1n) is 9.81. The predicted molar refractivity (Wildman–Crippen MR) is 118 cm³/mol. The second-order valence-corrected chi connectivity index (χ2v) is 6.89. The highest BCUT2D eigenvalue weighted by molar-refractivity contribution is 5.83. The number of carbonyl (C=O) groups excluding carboxylic acids is 1. The molecule has 0 bridgehead atoms. The van der Waals surface area contributed by atoms with Gasteiger partial charge in [-0.25, -0.2) is 4.79 Å². The molecule has 0 amide bonds. The van der Waals surface area contributed by atoms with Crippen LogP contribution in [0.4, 0.5) is 5.82 Å². The maximum atomic E-state index is 12.8. The summed E-state index contributed by atoms with van der Waals surface area (Å²) in [6.07, 6.45) is -0.0419. The van der Waals surface area contributed by atoms with Crippen LogP contribution in [0.2, 0.25) is 0 Å². The zero-order valence-corrected chi connectivity index (χ0v) is 17.4. The van der Waals surface area contributed by atoms with Crippen LogP contribution in [0.3, 0.4) is 0 Å². The number of hydrogen-bond acceptors (Lipinski definition) is 8. The van der Waals surface area contributed by atoms with Gasteiger partial charge in [0.15, 0.2) is 0 Å². The van der Waals surface area contributed by atoms with Gasteiger partial charge in [0.2, 0.25) is 5.88 Å². The summed E-state index contributed by atoms with van der Waals surface area (Å²) in [6.45, 7) is 1.73. The monoisotopic (exact) mass is 427 g/mol. The molecule has 2 aromatic carbocycles. The van der Waals surface area contributed by atoms with E-state index in [1.807, 2.05) is 18.2 Å². The molecule has 32 heavy (non-hydrogen) atoms. The second kappa shape index (κ2) is 9.61. The fourth-order valence-corrected chi connectivity index (χ4v) is 3.24. The lowest BCUT2D eigenvalue weighted by atomic mass is 9.96. The number of hydrogen-bond donors (Lipinski definition) is 2. The summed E-state index contributed by atoms with van der Waals surface area (Å²) in [6, 6.07) is 21.8. The zero-order valence-electron chi connectivity index (χ0n) is 17.4. The minimum Gasteiger partial charge on any atom is -0.462 e. The quantitative estimate of drug-likeness (QED) is 0.432. The van der Waals surface area contributed by atoms with E-state index in [0.717, 1.165) is 0 Å². The van der Waals surface area contributed by atoms with Crippen LogP contribution in [0, 0.1) is 22.7 Å². The van der Waals surface area contributed by atoms with Crippen molar-refractivity contribution in [3.8, 4) is 29.1 Å². The molecule has 0 aliphatic carbocycles. The van der Waals surface area contributed by atoms with Crippen molar-refractivity contribution in [3.63, 3.8) is 0 Å². The van der Waals surface area contributed by atoms with Crippen LogP contribution in [0.15, 0.2) is 60.7 Å². The number of nitriles is 2. The molecule has 0 saturated carbocycles. The molecule has 1 aromatic heterocycles. The third-order valence-corrected chi connectivity index (χ3v) is 4.69. The Kier molecular flexibility index (Phi) is 6.69. The van der Waals surface area contributed by atoms with E-state index in [0.29, 0.717) is 11.1 Å². The lowest BCUT2D eigenvalue weighted by Gasteiger charge is -2.28. The first kappa shape index (κ1) is 22.3. The molecule has 0 aliphatic heterocycles. The number of ether oxygens (including phenoxy) is 2. The average Bonchev–Trinajstić information content (AvgIpc) is 2.80. The molecule has 4 N–H and O–H groups in total. The van der Waals surface area contributed by atoms with Crippen molar-refractivity contribution in [3.05, 3.63) is 77.4 Å². The fraction of sp³-hybridized carbons (Fsp3) is 0.167. The van der Waals surface area contributed by atoms with E-state index in [-0.39, 0.29) is 41.4 Å². The van der Waals surface area contributed by atoms with Crippen LogP contribution in [-0.4, -0.2) is 23.3 Å². The standard InChI is InChI=1S/C24H21N5O3/c1-2-31-23(30)24(28,13-16-9-5-3-6-10-16)32-22-19(15-26)20(17-11-7-4-8-12-17)18(14-25)21(27)29-22/h3-12H,2,13,28H2,1H3,(H2,27,29)/t24-/m0/s1. The van der Waals surface area contributed by atoms with E-state index < -0.39 is 11.7 Å². The van der Waals surface area contributed by atoms with Crippen molar-refractivity contribution >= 4 is 11.8 Å². The Morgan fingerprint density at radius 2 is 1.62 bits per heavy atom. The Bertz CT molecular complexity index is 1200. The number of esters is 1. The van der Waals surface area contributed by atoms with Gasteiger partial charge in [-0.2, -0.15) is 15.5 Å². The smallest absolute Gasteiger partial charge is 0.366 e. The van der Waals surface area contributed by atoms with Gasteiger partial charge >= 0.3 is 5.97 Å². The van der Waals surface area contributed by atoms with Crippen molar-refractivity contribution in [2.75, 3.05) is 12.3 Å². The topological polar surface area (TPSA) is 148 Å². The lowest BCUT2D eigenvalue weighted by molar-refractivity contribution is -0.161. The van der Waals surface area contributed by atoms with Crippen molar-refractivity contribution in [1.29, 1.82) is 10.5 Å². The van der Waals surface area contributed by atoms with E-state index in [4.69, 9.17) is 20.9 Å². The maximum absolute atomic E-state index is 12.8. The van der Waals surface area contributed by atoms with Gasteiger partial charge in [0, 0.05) is 12.0 Å². The number of rotatable bonds is 7. The summed E-state index contributed by atoms with van der Waals surface area (Å²) in [5.41, 5.74) is 11.9. The highest BCUT2D eigenvalue weighted by atomic mass is 16.6. The molecule has 0 saturated heterocycles. The lowest BCUT2D eigenvalue weighted by Crippen LogP contribution is -2.56. The highest BCUT2D eigenvalue weighted by Crippen LogP contribution is 2.36. The van der Waals surface area contributed by atoms with E-state index in [2.05, 4.69) is 4.98 Å². The third kappa shape index (κ3) is 4.51. The number of benzene rings is 2. The van der Waals surface area contributed by atoms with Crippen LogP contribution >= 0.6 is 0 Å². The van der Waals surface area contributed by atoms with E-state index in [1.165, 1.54) is 0 Å². The Morgan fingerprint density at radius 1 is 1.03 bits per heavy atom. The van der Waals surface area contributed by atoms with E-state index >= 15 is 0 Å². The van der Waals surface area contributed by atoms with Crippen LogP contribution < -0.4 is 16.2 Å². The zero-order chi connectivity index (χ0) is 23.1. The molecule has 8 heteroatoms. The molecule has 0 spiro atoms. The van der Waals surface area contributed by atoms with Crippen molar-refractivity contribution in [2.24, 2.45) is 5.73 Å². The average molecular weight is 427 g/mol. The van der Waals surface area contributed by atoms with Crippen molar-refractivity contribution < 1.29 is 14.3 Å². The number of nitrogens with zero attached hydrogens (tertiary/aromatic N) is 3. The van der Waals surface area contributed by atoms with Crippen LogP contribution in [0.1, 0.15) is 23.6 Å². The number of aromatic nitrogens is 1. The Morgan fingerprint density at radius 3 is 2.19 bits per heavy atom. The first-order chi connectivity index (χ1) is 15.4. The van der Waals surface area contributed by atoms with Gasteiger partial charge in [0.25, 0.3) is 5.72 Å². The van der Waals surface area contributed by atoms with Gasteiger partial charge in [0.1, 0.15) is 29.1 Å². The highest BCUT2D eigenvalue weighted by Gasteiger charge is 2.40. The molecule has 0 fully saturated rings. The molecule has 1 atom stereocenters. The fourth-order valence-electron chi connectivity index (χ4n) is 3.24. The molecule has 3 aromatic rings. The molecule has 8 nitrogen and oxygen atoms in total. The summed E-state index contributed by atoms with van der Waals surface area (Å²) in [5, 5.41) is 19.6. The largest absolute Gasteiger partial charge is 0.462 e. The molecular weight excluding hydrogens is 406 g/mol. The van der Waals surface area contributed by atoms with Gasteiger partial charge in [0.05, 0.1) is 6.61 Å². The van der Waals surface area contributed by atoms with Gasteiger partial charge in [-0.05, 0) is 18.1 Å². The van der Waals surface area contributed by atoms with E-state index in [1.54, 1.807) is 61.5 Å². The number of nitrogens with two attached hydrogens (primary N) is 2. The summed E-state index contributed by atoms with van der Waals surface area (Å²) in [5.74, 6) is -1.22. The number of pyridine rings is 1. The Balaban J connectivity index is 2.17. The van der Waals surface area contributed by atoms with Crippen molar-refractivity contribution in [1.82, 2.24) is 4.98 Å². The Labute approximate surface area is 185 Å². The molecule has 160 valence electrons. The number of carbonyl (C=O) groups is 1. The minimum atomic E-state index is -1.98. The van der Waals surface area contributed by atoms with E-state index in [9.17, 15) is 15.3 Å². The molecule has 3 rings (SSSR count). The number of anilines is 1. The summed E-state index contributed by atoms with van der Waals surface area (Å²) in [7, 11) is 0. The SMILES string of the molecule is CCOC(=O)[C@](N)(Cc1ccccc1)Oc1nc(N)c(C#N)c(-c2ccccc2)c1C#N. The summed E-state index contributed by atoms with van der Waals surface area (Å²) >= 11 is 0. The van der Waals surface area contributed by atoms with Gasteiger partial charge in [-0.15, -0.1) is 0 Å². The minimum absolute atomic E-state index is 0.0296. The van der Waals surface area contributed by atoms with Crippen LogP contribution in [0.25, 0.3) is 11.1 Å². The first-order valence-corrected chi connectivity index (χ1v) is 9.81. The molecule has 0 radical (unpaired) electrons. The predicted octanol–water partition coefficient (Wildman–Crippen LogP) is 2.91. The Hall–Kier alpha value is -4.40.